The Morgan fingerprint density at radius 1 is 0.941 bits per heavy atom. The zero-order chi connectivity index (χ0) is 25.3. The van der Waals surface area contributed by atoms with Gasteiger partial charge in [-0.1, -0.05) is 11.2 Å². The van der Waals surface area contributed by atoms with Crippen LogP contribution in [0.2, 0.25) is 0 Å². The fourth-order valence-electron chi connectivity index (χ4n) is 2.79. The molecule has 0 aliphatic carbocycles. The molecule has 15 heteroatoms. The van der Waals surface area contributed by atoms with Gasteiger partial charge in [-0.05, 0) is 24.3 Å². The summed E-state index contributed by atoms with van der Waals surface area (Å²) in [6.45, 7) is 4.35. The van der Waals surface area contributed by atoms with E-state index in [1.54, 1.807) is 0 Å². The summed E-state index contributed by atoms with van der Waals surface area (Å²) in [4.78, 5) is 10.2. The molecular formula is C19H10F9N5O. The number of hydrogen-bond acceptors (Lipinski definition) is 5. The van der Waals surface area contributed by atoms with Crippen molar-refractivity contribution >= 4 is 11.4 Å². The van der Waals surface area contributed by atoms with Crippen molar-refractivity contribution in [3.8, 4) is 11.4 Å². The molecule has 3 aromatic rings. The van der Waals surface area contributed by atoms with Crippen molar-refractivity contribution < 1.29 is 44.0 Å². The van der Waals surface area contributed by atoms with Gasteiger partial charge in [-0.25, -0.2) is 4.85 Å². The molecule has 0 N–H and O–H groups in total. The highest BCUT2D eigenvalue weighted by Crippen LogP contribution is 2.39. The minimum atomic E-state index is -4.99. The van der Waals surface area contributed by atoms with E-state index >= 15 is 0 Å². The van der Waals surface area contributed by atoms with E-state index in [0.717, 1.165) is 24.4 Å². The molecule has 1 aromatic carbocycles. The molecule has 6 nitrogen and oxygen atoms in total. The lowest BCUT2D eigenvalue weighted by Gasteiger charge is -2.25. The number of nitrogens with zero attached hydrogens (tertiary/aromatic N) is 5. The zero-order valence-electron chi connectivity index (χ0n) is 16.4. The first-order valence-electron chi connectivity index (χ1n) is 8.94. The van der Waals surface area contributed by atoms with Crippen molar-refractivity contribution in [2.24, 2.45) is 0 Å². The summed E-state index contributed by atoms with van der Waals surface area (Å²) >= 11 is 0. The van der Waals surface area contributed by atoms with Crippen LogP contribution in [0.4, 0.5) is 50.9 Å². The third-order valence-corrected chi connectivity index (χ3v) is 4.25. The highest BCUT2D eigenvalue weighted by molar-refractivity contribution is 5.62. The van der Waals surface area contributed by atoms with Crippen molar-refractivity contribution in [1.82, 2.24) is 15.1 Å². The standard InChI is InChI=1S/C19H10F9N5O/c1-29-13-4-3-11(6-12(13)18(23,24)25)33(9-17(20,21)22)8-15-31-16(32-34-15)10-2-5-14(30-7-10)19(26,27)28/h2-7H,8-9H2. The van der Waals surface area contributed by atoms with Gasteiger partial charge in [0, 0.05) is 17.4 Å². The van der Waals surface area contributed by atoms with Crippen LogP contribution < -0.4 is 4.90 Å². The van der Waals surface area contributed by atoms with Gasteiger partial charge >= 0.3 is 18.5 Å². The van der Waals surface area contributed by atoms with Crippen molar-refractivity contribution in [2.45, 2.75) is 25.1 Å². The topological polar surface area (TPSA) is 59.4 Å². The minimum Gasteiger partial charge on any atom is -0.353 e. The van der Waals surface area contributed by atoms with E-state index in [-0.39, 0.29) is 11.4 Å². The van der Waals surface area contributed by atoms with Gasteiger partial charge in [0.05, 0.1) is 18.7 Å². The summed E-state index contributed by atoms with van der Waals surface area (Å²) in [6, 6.07) is 3.65. The first kappa shape index (κ1) is 24.8. The molecule has 0 atom stereocenters. The number of rotatable bonds is 5. The second-order valence-corrected chi connectivity index (χ2v) is 6.72. The van der Waals surface area contributed by atoms with Gasteiger partial charge < -0.3 is 9.42 Å². The molecule has 0 fully saturated rings. The van der Waals surface area contributed by atoms with Gasteiger partial charge in [0.1, 0.15) is 12.2 Å². The number of aromatic nitrogens is 3. The Balaban J connectivity index is 1.92. The Morgan fingerprint density at radius 2 is 1.65 bits per heavy atom. The smallest absolute Gasteiger partial charge is 0.353 e. The fraction of sp³-hybridized carbons (Fsp3) is 0.263. The lowest BCUT2D eigenvalue weighted by molar-refractivity contribution is -0.141. The quantitative estimate of drug-likeness (QED) is 0.308. The first-order chi connectivity index (χ1) is 15.7. The summed E-state index contributed by atoms with van der Waals surface area (Å²) in [7, 11) is 0. The number of anilines is 1. The van der Waals surface area contributed by atoms with Gasteiger partial charge in [0.25, 0.3) is 0 Å². The maximum absolute atomic E-state index is 13.2. The first-order valence-corrected chi connectivity index (χ1v) is 8.94. The SMILES string of the molecule is [C-]#[N+]c1ccc(N(Cc2nc(-c3ccc(C(F)(F)F)nc3)no2)CC(F)(F)F)cc1C(F)(F)F. The maximum Gasteiger partial charge on any atom is 0.433 e. The maximum atomic E-state index is 13.2. The minimum absolute atomic E-state index is 0.0360. The van der Waals surface area contributed by atoms with Crippen LogP contribution >= 0.6 is 0 Å². The third-order valence-electron chi connectivity index (χ3n) is 4.25. The van der Waals surface area contributed by atoms with Gasteiger partial charge in [-0.15, -0.1) is 0 Å². The van der Waals surface area contributed by atoms with Crippen LogP contribution in [0, 0.1) is 6.57 Å². The Bertz CT molecular complexity index is 1190. The van der Waals surface area contributed by atoms with Crippen LogP contribution in [-0.4, -0.2) is 27.8 Å². The molecular weight excluding hydrogens is 485 g/mol. The highest BCUT2D eigenvalue weighted by Gasteiger charge is 2.36. The Labute approximate surface area is 184 Å². The summed E-state index contributed by atoms with van der Waals surface area (Å²) < 4.78 is 122. The summed E-state index contributed by atoms with van der Waals surface area (Å²) in [5, 5.41) is 3.47. The monoisotopic (exact) mass is 495 g/mol. The van der Waals surface area contributed by atoms with E-state index in [1.807, 2.05) is 0 Å². The van der Waals surface area contributed by atoms with Crippen molar-refractivity contribution in [3.05, 3.63) is 65.1 Å². The van der Waals surface area contributed by atoms with Crippen molar-refractivity contribution in [1.29, 1.82) is 0 Å². The van der Waals surface area contributed by atoms with E-state index in [2.05, 4.69) is 20.0 Å². The molecule has 34 heavy (non-hydrogen) atoms. The molecule has 0 aliphatic rings. The molecule has 3 rings (SSSR count). The molecule has 0 saturated carbocycles. The average Bonchev–Trinajstić information content (AvgIpc) is 3.19. The Kier molecular flexibility index (Phi) is 6.45. The molecule has 0 spiro atoms. The zero-order valence-corrected chi connectivity index (χ0v) is 16.4. The predicted octanol–water partition coefficient (Wildman–Crippen LogP) is 6.29. The van der Waals surface area contributed by atoms with Crippen LogP contribution in [0.3, 0.4) is 0 Å². The molecule has 2 heterocycles. The molecule has 0 amide bonds. The van der Waals surface area contributed by atoms with Gasteiger partial charge in [0.2, 0.25) is 11.7 Å². The largest absolute Gasteiger partial charge is 0.433 e. The van der Waals surface area contributed by atoms with Gasteiger partial charge in [-0.3, -0.25) is 4.98 Å². The summed E-state index contributed by atoms with van der Waals surface area (Å²) in [6.07, 6.45) is -13.7. The van der Waals surface area contributed by atoms with Crippen LogP contribution in [0.1, 0.15) is 17.1 Å². The number of halogens is 9. The normalized spacial score (nSPS) is 12.5. The molecule has 0 aliphatic heterocycles. The van der Waals surface area contributed by atoms with Crippen LogP contribution in [0.25, 0.3) is 16.2 Å². The molecule has 0 bridgehead atoms. The van der Waals surface area contributed by atoms with Crippen molar-refractivity contribution in [2.75, 3.05) is 11.4 Å². The van der Waals surface area contributed by atoms with Crippen LogP contribution in [0.15, 0.2) is 41.1 Å². The van der Waals surface area contributed by atoms with Gasteiger partial charge in [-0.2, -0.15) is 44.5 Å². The van der Waals surface area contributed by atoms with E-state index in [1.165, 1.54) is 0 Å². The third kappa shape index (κ3) is 5.94. The highest BCUT2D eigenvalue weighted by atomic mass is 19.4. The summed E-state index contributed by atoms with van der Waals surface area (Å²) in [5.74, 6) is -0.746. The molecule has 0 saturated heterocycles. The van der Waals surface area contributed by atoms with Crippen LogP contribution in [0.5, 0.6) is 0 Å². The predicted molar refractivity (Wildman–Crippen MR) is 97.3 cm³/mol. The van der Waals surface area contributed by atoms with E-state index in [4.69, 9.17) is 11.1 Å². The molecule has 180 valence electrons. The van der Waals surface area contributed by atoms with Gasteiger partial charge in [0.15, 0.2) is 5.69 Å². The average molecular weight is 495 g/mol. The molecule has 0 unspecified atom stereocenters. The number of benzene rings is 1. The lowest BCUT2D eigenvalue weighted by atomic mass is 10.1. The summed E-state index contributed by atoms with van der Waals surface area (Å²) in [5.41, 5.74) is -3.97. The van der Waals surface area contributed by atoms with E-state index < -0.39 is 60.1 Å². The number of hydrogen-bond donors (Lipinski definition) is 0. The number of pyridine rings is 1. The van der Waals surface area contributed by atoms with E-state index in [9.17, 15) is 39.5 Å². The van der Waals surface area contributed by atoms with E-state index in [0.29, 0.717) is 17.0 Å². The Hall–Kier alpha value is -3.83. The molecule has 0 radical (unpaired) electrons. The second-order valence-electron chi connectivity index (χ2n) is 6.72. The van der Waals surface area contributed by atoms with Crippen molar-refractivity contribution in [3.63, 3.8) is 0 Å². The fourth-order valence-corrected chi connectivity index (χ4v) is 2.79. The molecule has 2 aromatic heterocycles. The van der Waals surface area contributed by atoms with Crippen LogP contribution in [-0.2, 0) is 18.9 Å². The second kappa shape index (κ2) is 8.84. The lowest BCUT2D eigenvalue weighted by Crippen LogP contribution is -2.34. The number of alkyl halides is 9. The Morgan fingerprint density at radius 3 is 2.18 bits per heavy atom.